The molecule has 8 heteroatoms. The number of halogens is 1. The molecule has 180 valence electrons. The number of amides is 2. The Morgan fingerprint density at radius 1 is 1.03 bits per heavy atom. The van der Waals surface area contributed by atoms with E-state index in [1.165, 1.54) is 43.7 Å². The fourth-order valence-electron chi connectivity index (χ4n) is 6.11. The van der Waals surface area contributed by atoms with Crippen molar-refractivity contribution in [2.24, 2.45) is 34.6 Å². The molecule has 2 amide bonds. The van der Waals surface area contributed by atoms with Crippen LogP contribution in [0.3, 0.4) is 0 Å². The van der Waals surface area contributed by atoms with Crippen LogP contribution in [-0.2, 0) is 9.59 Å². The zero-order chi connectivity index (χ0) is 22.0. The average molecular weight is 558 g/mol. The molecular weight excluding hydrogens is 517 g/mol. The summed E-state index contributed by atoms with van der Waals surface area (Å²) in [6.45, 7) is 8.70. The van der Waals surface area contributed by atoms with E-state index in [-0.39, 0.29) is 59.5 Å². The van der Waals surface area contributed by atoms with E-state index in [9.17, 15) is 9.59 Å². The molecule has 0 aromatic carbocycles. The molecule has 2 bridgehead atoms. The first-order valence-electron chi connectivity index (χ1n) is 12.2. The lowest BCUT2D eigenvalue weighted by atomic mass is 9.85. The summed E-state index contributed by atoms with van der Waals surface area (Å²) in [7, 11) is 1.77. The normalized spacial score (nSPS) is 31.0. The quantitative estimate of drug-likeness (QED) is 0.166. The van der Waals surface area contributed by atoms with Crippen molar-refractivity contribution in [3.05, 3.63) is 12.2 Å². The van der Waals surface area contributed by atoms with Gasteiger partial charge < -0.3 is 10.6 Å². The molecule has 2 aliphatic carbocycles. The number of guanidine groups is 1. The molecule has 4 rings (SSSR count). The summed E-state index contributed by atoms with van der Waals surface area (Å²) >= 11 is 0. The fraction of sp³-hybridized carbons (Fsp3) is 0.792. The van der Waals surface area contributed by atoms with Crippen molar-refractivity contribution in [2.75, 3.05) is 39.8 Å². The third-order valence-electron chi connectivity index (χ3n) is 7.77. The molecule has 0 aromatic heterocycles. The first-order chi connectivity index (χ1) is 15.0. The first-order valence-corrected chi connectivity index (χ1v) is 12.2. The predicted molar refractivity (Wildman–Crippen MR) is 138 cm³/mol. The van der Waals surface area contributed by atoms with Crippen molar-refractivity contribution >= 4 is 41.8 Å². The summed E-state index contributed by atoms with van der Waals surface area (Å²) in [4.78, 5) is 34.1. The van der Waals surface area contributed by atoms with E-state index in [4.69, 9.17) is 0 Å². The molecule has 2 N–H and O–H groups in total. The number of nitrogens with zero attached hydrogens (tertiary/aromatic N) is 3. The molecule has 32 heavy (non-hydrogen) atoms. The summed E-state index contributed by atoms with van der Waals surface area (Å²) in [6.07, 6.45) is 10.5. The number of carbonyl (C=O) groups excluding carboxylic acids is 2. The van der Waals surface area contributed by atoms with Crippen LogP contribution in [0.25, 0.3) is 0 Å². The van der Waals surface area contributed by atoms with Gasteiger partial charge in [-0.25, -0.2) is 0 Å². The summed E-state index contributed by atoms with van der Waals surface area (Å²) in [5, 5.41) is 6.79. The fourth-order valence-corrected chi connectivity index (χ4v) is 6.11. The highest BCUT2D eigenvalue weighted by atomic mass is 127. The summed E-state index contributed by atoms with van der Waals surface area (Å²) in [5.41, 5.74) is 0. The Kier molecular flexibility index (Phi) is 9.00. The molecule has 5 unspecified atom stereocenters. The zero-order valence-corrected chi connectivity index (χ0v) is 22.1. The van der Waals surface area contributed by atoms with Crippen molar-refractivity contribution in [1.82, 2.24) is 20.4 Å². The van der Waals surface area contributed by atoms with Crippen molar-refractivity contribution in [1.29, 1.82) is 0 Å². The molecule has 1 saturated carbocycles. The number of hydrogen-bond donors (Lipinski definition) is 2. The number of carbonyl (C=O) groups is 2. The van der Waals surface area contributed by atoms with E-state index < -0.39 is 0 Å². The maximum absolute atomic E-state index is 12.8. The Hall–Kier alpha value is -1.16. The lowest BCUT2D eigenvalue weighted by Gasteiger charge is -2.34. The Balaban J connectivity index is 0.00000289. The molecule has 7 nitrogen and oxygen atoms in total. The molecule has 0 radical (unpaired) electrons. The van der Waals surface area contributed by atoms with E-state index in [1.807, 2.05) is 0 Å². The number of aliphatic imine (C=N–C) groups is 1. The third-order valence-corrected chi connectivity index (χ3v) is 7.77. The lowest BCUT2D eigenvalue weighted by Crippen LogP contribution is -2.50. The van der Waals surface area contributed by atoms with Crippen LogP contribution in [0.4, 0.5) is 0 Å². The van der Waals surface area contributed by atoms with Crippen LogP contribution in [0.1, 0.15) is 46.0 Å². The van der Waals surface area contributed by atoms with Gasteiger partial charge in [-0.15, -0.1) is 24.0 Å². The topological polar surface area (TPSA) is 77.0 Å². The van der Waals surface area contributed by atoms with Crippen LogP contribution < -0.4 is 10.6 Å². The molecule has 0 aromatic rings. The molecule has 3 fully saturated rings. The maximum Gasteiger partial charge on any atom is 0.233 e. The summed E-state index contributed by atoms with van der Waals surface area (Å²) in [5.74, 6) is 1.67. The highest BCUT2D eigenvalue weighted by Gasteiger charge is 2.58. The van der Waals surface area contributed by atoms with Crippen LogP contribution in [0.2, 0.25) is 0 Å². The highest BCUT2D eigenvalue weighted by molar-refractivity contribution is 14.0. The minimum atomic E-state index is -0.111. The number of rotatable bonds is 7. The van der Waals surface area contributed by atoms with Gasteiger partial charge in [-0.3, -0.25) is 24.4 Å². The van der Waals surface area contributed by atoms with Crippen molar-refractivity contribution in [3.63, 3.8) is 0 Å². The third kappa shape index (κ3) is 5.16. The van der Waals surface area contributed by atoms with E-state index >= 15 is 0 Å². The SMILES string of the molecule is CN=C(NCCN1C(=O)C2C3C=CC(C3)C2C1=O)NCC(C(C)C)N1CCCCCC1.I. The monoisotopic (exact) mass is 557 g/mol. The standard InChI is InChI=1S/C24H39N5O2.HI/c1-16(2)19(28-11-6-4-5-7-12-28)15-27-24(25-3)26-10-13-29-22(30)20-17-8-9-18(14-17)21(20)23(29)31;/h8-9,16-21H,4-7,10-15H2,1-3H3,(H2,25,26,27);1H. The molecule has 2 heterocycles. The number of hydrogen-bond acceptors (Lipinski definition) is 4. The van der Waals surface area contributed by atoms with Crippen molar-refractivity contribution in [3.8, 4) is 0 Å². The van der Waals surface area contributed by atoms with Gasteiger partial charge in [-0.05, 0) is 50.1 Å². The van der Waals surface area contributed by atoms with Crippen LogP contribution in [-0.4, -0.2) is 73.4 Å². The predicted octanol–water partition coefficient (Wildman–Crippen LogP) is 2.48. The molecular formula is C24H40IN5O2. The van der Waals surface area contributed by atoms with Gasteiger partial charge in [0.25, 0.3) is 0 Å². The van der Waals surface area contributed by atoms with Crippen LogP contribution in [0.5, 0.6) is 0 Å². The Morgan fingerprint density at radius 3 is 2.16 bits per heavy atom. The number of likely N-dealkylation sites (tertiary alicyclic amines) is 2. The Bertz CT molecular complexity index is 702. The molecule has 2 aliphatic heterocycles. The largest absolute Gasteiger partial charge is 0.355 e. The minimum Gasteiger partial charge on any atom is -0.355 e. The van der Waals surface area contributed by atoms with Crippen LogP contribution in [0, 0.1) is 29.6 Å². The second kappa shape index (κ2) is 11.3. The first kappa shape index (κ1) is 25.5. The minimum absolute atomic E-state index is 0. The van der Waals surface area contributed by atoms with Gasteiger partial charge in [0.15, 0.2) is 5.96 Å². The van der Waals surface area contributed by atoms with E-state index in [1.54, 1.807) is 7.05 Å². The number of allylic oxidation sites excluding steroid dienone is 2. The smallest absolute Gasteiger partial charge is 0.233 e. The van der Waals surface area contributed by atoms with Crippen molar-refractivity contribution in [2.45, 2.75) is 52.0 Å². The molecule has 5 atom stereocenters. The highest BCUT2D eigenvalue weighted by Crippen LogP contribution is 2.52. The summed E-state index contributed by atoms with van der Waals surface area (Å²) < 4.78 is 0. The van der Waals surface area contributed by atoms with Gasteiger partial charge >= 0.3 is 0 Å². The zero-order valence-electron chi connectivity index (χ0n) is 19.8. The Morgan fingerprint density at radius 2 is 1.62 bits per heavy atom. The van der Waals surface area contributed by atoms with Gasteiger partial charge in [-0.2, -0.15) is 0 Å². The van der Waals surface area contributed by atoms with Gasteiger partial charge in [0.05, 0.1) is 11.8 Å². The summed E-state index contributed by atoms with van der Waals surface area (Å²) in [6, 6.07) is 0.473. The van der Waals surface area contributed by atoms with Gasteiger partial charge in [-0.1, -0.05) is 38.8 Å². The Labute approximate surface area is 209 Å². The van der Waals surface area contributed by atoms with E-state index in [2.05, 4.69) is 46.5 Å². The van der Waals surface area contributed by atoms with Gasteiger partial charge in [0, 0.05) is 32.7 Å². The van der Waals surface area contributed by atoms with Crippen LogP contribution in [0.15, 0.2) is 17.1 Å². The van der Waals surface area contributed by atoms with Crippen molar-refractivity contribution < 1.29 is 9.59 Å². The molecule has 4 aliphatic rings. The number of imide groups is 1. The second-order valence-corrected chi connectivity index (χ2v) is 9.97. The van der Waals surface area contributed by atoms with Crippen LogP contribution >= 0.6 is 24.0 Å². The van der Waals surface area contributed by atoms with E-state index in [0.29, 0.717) is 25.0 Å². The molecule has 2 saturated heterocycles. The average Bonchev–Trinajstić information content (AvgIpc) is 3.35. The second-order valence-electron chi connectivity index (χ2n) is 9.97. The number of nitrogens with one attached hydrogen (secondary N) is 2. The molecule has 0 spiro atoms. The van der Waals surface area contributed by atoms with E-state index in [0.717, 1.165) is 18.9 Å². The lowest BCUT2D eigenvalue weighted by molar-refractivity contribution is -0.140. The maximum atomic E-state index is 12.8. The number of fused-ring (bicyclic) bond motifs is 5. The van der Waals surface area contributed by atoms with Gasteiger partial charge in [0.1, 0.15) is 0 Å². The van der Waals surface area contributed by atoms with Gasteiger partial charge in [0.2, 0.25) is 11.8 Å².